The van der Waals surface area contributed by atoms with Crippen molar-refractivity contribution in [2.75, 3.05) is 0 Å². The molecule has 3 aliphatic carbocycles. The van der Waals surface area contributed by atoms with Crippen molar-refractivity contribution in [3.63, 3.8) is 0 Å². The van der Waals surface area contributed by atoms with E-state index in [1.165, 1.54) is 5.56 Å². The third kappa shape index (κ3) is 1.76. The van der Waals surface area contributed by atoms with Crippen LogP contribution in [0.2, 0.25) is 0 Å². The van der Waals surface area contributed by atoms with E-state index in [9.17, 15) is 15.3 Å². The van der Waals surface area contributed by atoms with E-state index in [1.54, 1.807) is 6.07 Å². The minimum atomic E-state index is -0.972. The summed E-state index contributed by atoms with van der Waals surface area (Å²) in [7, 11) is 0. The monoisotopic (exact) mass is 312 g/mol. The van der Waals surface area contributed by atoms with Crippen LogP contribution in [0.15, 0.2) is 12.1 Å². The molecule has 1 aromatic carbocycles. The molecule has 2 saturated carbocycles. The van der Waals surface area contributed by atoms with Gasteiger partial charge in [0, 0.05) is 11.0 Å². The molecule has 0 unspecified atom stereocenters. The highest BCUT2D eigenvalue weighted by atomic mass is 16.3. The molecule has 0 amide bonds. The van der Waals surface area contributed by atoms with E-state index in [4.69, 9.17) is 6.42 Å². The van der Waals surface area contributed by atoms with Gasteiger partial charge < -0.3 is 15.3 Å². The van der Waals surface area contributed by atoms with E-state index in [0.717, 1.165) is 37.7 Å². The number of aliphatic hydroxyl groups is 1. The van der Waals surface area contributed by atoms with Crippen LogP contribution in [0.25, 0.3) is 0 Å². The predicted octanol–water partition coefficient (Wildman–Crippen LogP) is 3.32. The molecular weight excluding hydrogens is 288 g/mol. The van der Waals surface area contributed by atoms with Crippen molar-refractivity contribution in [3.8, 4) is 23.8 Å². The molecule has 3 aliphatic rings. The highest BCUT2D eigenvalue weighted by Gasteiger charge is 2.61. The Hall–Kier alpha value is -1.66. The maximum absolute atomic E-state index is 10.9. The van der Waals surface area contributed by atoms with Gasteiger partial charge in [-0.1, -0.05) is 18.9 Å². The highest BCUT2D eigenvalue weighted by Crippen LogP contribution is 2.64. The molecule has 122 valence electrons. The zero-order valence-electron chi connectivity index (χ0n) is 13.5. The number of phenolic OH excluding ortho intramolecular Hbond substituents is 2. The Balaban J connectivity index is 1.74. The van der Waals surface area contributed by atoms with E-state index < -0.39 is 5.60 Å². The van der Waals surface area contributed by atoms with Crippen molar-refractivity contribution in [2.24, 2.45) is 17.3 Å². The first-order valence-electron chi connectivity index (χ1n) is 8.65. The summed E-state index contributed by atoms with van der Waals surface area (Å²) in [5.41, 5.74) is 0.939. The average Bonchev–Trinajstić information content (AvgIpc) is 2.83. The molecule has 0 bridgehead atoms. The average molecular weight is 312 g/mol. The fraction of sp³-hybridized carbons (Fsp3) is 0.600. The van der Waals surface area contributed by atoms with Crippen LogP contribution in [0.1, 0.15) is 56.1 Å². The molecule has 1 aromatic rings. The molecule has 3 nitrogen and oxygen atoms in total. The quantitative estimate of drug-likeness (QED) is 0.509. The summed E-state index contributed by atoms with van der Waals surface area (Å²) in [6.07, 6.45) is 11.0. The van der Waals surface area contributed by atoms with Crippen LogP contribution >= 0.6 is 0 Å². The molecule has 0 aromatic heterocycles. The van der Waals surface area contributed by atoms with Crippen molar-refractivity contribution < 1.29 is 15.3 Å². The lowest BCUT2D eigenvalue weighted by Gasteiger charge is -2.52. The van der Waals surface area contributed by atoms with E-state index in [2.05, 4.69) is 12.8 Å². The summed E-state index contributed by atoms with van der Waals surface area (Å²) in [6.45, 7) is 2.17. The largest absolute Gasteiger partial charge is 0.504 e. The van der Waals surface area contributed by atoms with Crippen LogP contribution in [0.5, 0.6) is 11.5 Å². The van der Waals surface area contributed by atoms with Crippen LogP contribution in [0.4, 0.5) is 0 Å². The van der Waals surface area contributed by atoms with Gasteiger partial charge >= 0.3 is 0 Å². The molecule has 2 fully saturated rings. The minimum absolute atomic E-state index is 0.0228. The van der Waals surface area contributed by atoms with Crippen molar-refractivity contribution in [1.29, 1.82) is 0 Å². The van der Waals surface area contributed by atoms with Crippen LogP contribution < -0.4 is 0 Å². The zero-order chi connectivity index (χ0) is 16.4. The molecule has 5 atom stereocenters. The Kier molecular flexibility index (Phi) is 3.03. The van der Waals surface area contributed by atoms with E-state index >= 15 is 0 Å². The molecule has 0 heterocycles. The fourth-order valence-electron chi connectivity index (χ4n) is 5.89. The van der Waals surface area contributed by atoms with E-state index in [1.807, 2.05) is 6.07 Å². The first-order chi connectivity index (χ1) is 10.9. The van der Waals surface area contributed by atoms with Gasteiger partial charge in [-0.15, -0.1) is 6.42 Å². The number of aromatic hydroxyl groups is 2. The van der Waals surface area contributed by atoms with Crippen LogP contribution in [-0.4, -0.2) is 20.9 Å². The number of hydrogen-bond donors (Lipinski definition) is 3. The Morgan fingerprint density at radius 1 is 1.17 bits per heavy atom. The molecule has 3 N–H and O–H groups in total. The second-order valence-corrected chi connectivity index (χ2v) is 7.92. The molecule has 3 heteroatoms. The Labute approximate surface area is 137 Å². The molecule has 4 rings (SSSR count). The van der Waals surface area contributed by atoms with Gasteiger partial charge in [-0.3, -0.25) is 0 Å². The smallest absolute Gasteiger partial charge is 0.160 e. The number of fused-ring (bicyclic) bond motifs is 5. The number of benzene rings is 1. The summed E-state index contributed by atoms with van der Waals surface area (Å²) < 4.78 is 0. The number of hydrogen-bond acceptors (Lipinski definition) is 3. The summed E-state index contributed by atoms with van der Waals surface area (Å²) >= 11 is 0. The maximum atomic E-state index is 10.9. The molecule has 0 radical (unpaired) electrons. The third-order valence-electron chi connectivity index (χ3n) is 7.25. The third-order valence-corrected chi connectivity index (χ3v) is 7.25. The normalized spacial score (nSPS) is 41.5. The maximum Gasteiger partial charge on any atom is 0.160 e. The Morgan fingerprint density at radius 2 is 1.96 bits per heavy atom. The van der Waals surface area contributed by atoms with E-state index in [-0.39, 0.29) is 16.9 Å². The fourth-order valence-corrected chi connectivity index (χ4v) is 5.89. The van der Waals surface area contributed by atoms with Crippen molar-refractivity contribution >= 4 is 0 Å². The van der Waals surface area contributed by atoms with Gasteiger partial charge in [0.15, 0.2) is 11.5 Å². The SMILES string of the molecule is C#C[C@]1(O)CC[C@@H]2[C@@H]3CCc4c(ccc(O)c4O)[C@@H]3CC[C@@]21C. The first kappa shape index (κ1) is 14.9. The predicted molar refractivity (Wildman–Crippen MR) is 88.2 cm³/mol. The van der Waals surface area contributed by atoms with Crippen molar-refractivity contribution in [2.45, 2.75) is 57.0 Å². The standard InChI is InChI=1S/C20H24O3/c1-3-20(23)11-9-16-14-4-5-15-12(6-7-17(21)18(15)22)13(14)8-10-19(16,20)2/h1,6-7,13-14,16,21-23H,4-5,8-11H2,2H3/t13-,14+,16+,19-,20-/m0/s1. The summed E-state index contributed by atoms with van der Waals surface area (Å²) in [4.78, 5) is 0. The van der Waals surface area contributed by atoms with Crippen LogP contribution in [0, 0.1) is 29.6 Å². The lowest BCUT2D eigenvalue weighted by molar-refractivity contribution is -0.0647. The lowest BCUT2D eigenvalue weighted by atomic mass is 9.53. The highest BCUT2D eigenvalue weighted by molar-refractivity contribution is 5.51. The van der Waals surface area contributed by atoms with Gasteiger partial charge in [0.2, 0.25) is 0 Å². The van der Waals surface area contributed by atoms with Gasteiger partial charge in [-0.25, -0.2) is 0 Å². The summed E-state index contributed by atoms with van der Waals surface area (Å²) in [5.74, 6) is 4.08. The van der Waals surface area contributed by atoms with Crippen molar-refractivity contribution in [3.05, 3.63) is 23.3 Å². The van der Waals surface area contributed by atoms with Gasteiger partial charge in [-0.05, 0) is 67.9 Å². The van der Waals surface area contributed by atoms with Crippen LogP contribution in [0.3, 0.4) is 0 Å². The number of terminal acetylenes is 1. The van der Waals surface area contributed by atoms with E-state index in [0.29, 0.717) is 24.2 Å². The molecule has 0 saturated heterocycles. The second kappa shape index (κ2) is 4.68. The van der Waals surface area contributed by atoms with Gasteiger partial charge in [0.05, 0.1) is 0 Å². The van der Waals surface area contributed by atoms with Crippen LogP contribution in [-0.2, 0) is 6.42 Å². The molecular formula is C20H24O3. The molecule has 0 aliphatic heterocycles. The van der Waals surface area contributed by atoms with Crippen molar-refractivity contribution in [1.82, 2.24) is 0 Å². The zero-order valence-corrected chi connectivity index (χ0v) is 13.5. The number of rotatable bonds is 0. The summed E-state index contributed by atoms with van der Waals surface area (Å²) in [5, 5.41) is 30.8. The van der Waals surface area contributed by atoms with Gasteiger partial charge in [0.1, 0.15) is 5.60 Å². The number of phenols is 2. The lowest BCUT2D eigenvalue weighted by Crippen LogP contribution is -2.50. The van der Waals surface area contributed by atoms with Gasteiger partial charge in [-0.2, -0.15) is 0 Å². The summed E-state index contributed by atoms with van der Waals surface area (Å²) in [6, 6.07) is 3.59. The Bertz CT molecular complexity index is 704. The second-order valence-electron chi connectivity index (χ2n) is 7.92. The van der Waals surface area contributed by atoms with Gasteiger partial charge in [0.25, 0.3) is 0 Å². The first-order valence-corrected chi connectivity index (χ1v) is 8.65. The molecule has 0 spiro atoms. The topological polar surface area (TPSA) is 60.7 Å². The Morgan fingerprint density at radius 3 is 2.70 bits per heavy atom. The molecule has 23 heavy (non-hydrogen) atoms. The minimum Gasteiger partial charge on any atom is -0.504 e.